The number of hydrogen-bond acceptors (Lipinski definition) is 14. The Kier molecular flexibility index (Phi) is 8.44. The summed E-state index contributed by atoms with van der Waals surface area (Å²) in [6, 6.07) is 4.69. The first kappa shape index (κ1) is 35.2. The minimum absolute atomic E-state index is 0.0471. The summed E-state index contributed by atoms with van der Waals surface area (Å²) in [6.45, 7) is 7.61. The van der Waals surface area contributed by atoms with Gasteiger partial charge in [0, 0.05) is 11.1 Å². The third-order valence-corrected chi connectivity index (χ3v) is 8.52. The molecule has 5 atom stereocenters. The van der Waals surface area contributed by atoms with Crippen LogP contribution >= 0.6 is 0 Å². The topological polar surface area (TPSA) is 219 Å². The summed E-state index contributed by atoms with van der Waals surface area (Å²) in [4.78, 5) is 49.5. The fourth-order valence-corrected chi connectivity index (χ4v) is 6.31. The Hall–Kier alpha value is -4.65. The minimum Gasteiger partial charge on any atom is -0.444 e. The van der Waals surface area contributed by atoms with Crippen molar-refractivity contribution < 1.29 is 59.8 Å². The third kappa shape index (κ3) is 6.38. The number of ketones is 1. The molecule has 3 N–H and O–H groups in total. The first-order valence-corrected chi connectivity index (χ1v) is 16.3. The number of imidazole rings is 1. The van der Waals surface area contributed by atoms with Crippen LogP contribution in [-0.2, 0) is 43.8 Å². The van der Waals surface area contributed by atoms with Gasteiger partial charge in [-0.15, -0.1) is 0 Å². The molecule has 2 saturated heterocycles. The van der Waals surface area contributed by atoms with Crippen molar-refractivity contribution in [1.29, 1.82) is 0 Å². The molecule has 0 spiro atoms. The molecule has 1 aliphatic carbocycles. The Bertz CT molecular complexity index is 2070. The van der Waals surface area contributed by atoms with E-state index in [0.717, 1.165) is 12.1 Å². The van der Waals surface area contributed by atoms with Gasteiger partial charge in [0.15, 0.2) is 29.0 Å². The maximum atomic E-state index is 14.7. The monoisotopic (exact) mass is 720 g/mol. The van der Waals surface area contributed by atoms with Crippen LogP contribution in [0.2, 0.25) is 0 Å². The summed E-state index contributed by atoms with van der Waals surface area (Å²) >= 11 is 0. The van der Waals surface area contributed by atoms with E-state index in [1.807, 2.05) is 0 Å². The van der Waals surface area contributed by atoms with Crippen LogP contribution in [0, 0.1) is 11.8 Å². The number of carbonyl (C=O) groups is 3. The van der Waals surface area contributed by atoms with Gasteiger partial charge in [-0.2, -0.15) is 17.2 Å². The molecule has 0 saturated carbocycles. The SMILES string of the molecule is CC(C)(C)OC(=O)Nc1ncnc2c1ncn2[C@@H]1O[C@H](COS(=O)(=O)NC(=O)C#CC2(O)c3ccccc3C(=O)C2(F)F)[C@H]2OC(C)(C)O[C@H]21. The Labute approximate surface area is 282 Å². The lowest BCUT2D eigenvalue weighted by molar-refractivity contribution is -0.198. The van der Waals surface area contributed by atoms with Crippen molar-refractivity contribution in [2.75, 3.05) is 11.9 Å². The Morgan fingerprint density at radius 1 is 1.12 bits per heavy atom. The maximum absolute atomic E-state index is 14.7. The molecule has 2 amide bonds. The average Bonchev–Trinajstić information content (AvgIpc) is 3.70. The molecule has 3 aromatic rings. The van der Waals surface area contributed by atoms with Crippen LogP contribution in [-0.4, -0.2) is 93.1 Å². The first-order valence-electron chi connectivity index (χ1n) is 14.9. The van der Waals surface area contributed by atoms with E-state index >= 15 is 0 Å². The van der Waals surface area contributed by atoms with E-state index in [-0.39, 0.29) is 17.0 Å². The van der Waals surface area contributed by atoms with E-state index < -0.39 is 93.3 Å². The van der Waals surface area contributed by atoms with Crippen molar-refractivity contribution in [2.45, 2.75) is 82.1 Å². The van der Waals surface area contributed by atoms with Crippen molar-refractivity contribution in [1.82, 2.24) is 24.2 Å². The van der Waals surface area contributed by atoms with Crippen LogP contribution in [0.5, 0.6) is 0 Å². The maximum Gasteiger partial charge on any atom is 0.413 e. The lowest BCUT2D eigenvalue weighted by Gasteiger charge is -2.24. The third-order valence-electron chi connectivity index (χ3n) is 7.64. The van der Waals surface area contributed by atoms with Gasteiger partial charge >= 0.3 is 28.2 Å². The zero-order valence-corrected chi connectivity index (χ0v) is 27.8. The predicted octanol–water partition coefficient (Wildman–Crippen LogP) is 1.69. The molecule has 20 heteroatoms. The Balaban J connectivity index is 1.16. The van der Waals surface area contributed by atoms with Crippen LogP contribution in [0.15, 0.2) is 36.9 Å². The number of anilines is 1. The molecule has 17 nitrogen and oxygen atoms in total. The van der Waals surface area contributed by atoms with Gasteiger partial charge in [-0.1, -0.05) is 24.3 Å². The average molecular weight is 721 g/mol. The highest BCUT2D eigenvalue weighted by atomic mass is 32.2. The lowest BCUT2D eigenvalue weighted by atomic mass is 9.94. The van der Waals surface area contributed by atoms with Crippen molar-refractivity contribution in [3.05, 3.63) is 48.0 Å². The van der Waals surface area contributed by atoms with Crippen LogP contribution in [0.1, 0.15) is 56.8 Å². The van der Waals surface area contributed by atoms with Gasteiger partial charge < -0.3 is 24.1 Å². The number of rotatable bonds is 6. The number of Topliss-reactive ketones (excluding diaryl/α,β-unsaturated/α-hetero) is 1. The summed E-state index contributed by atoms with van der Waals surface area (Å²) in [6.07, 6.45) is -2.13. The molecule has 0 bridgehead atoms. The molecular formula is C30H30F2N6O11S. The molecule has 1 aromatic carbocycles. The first-order chi connectivity index (χ1) is 23.2. The number of alkyl halides is 2. The van der Waals surface area contributed by atoms with Gasteiger partial charge in [0.2, 0.25) is 11.4 Å². The van der Waals surface area contributed by atoms with Gasteiger partial charge in [-0.05, 0) is 46.5 Å². The summed E-state index contributed by atoms with van der Waals surface area (Å²) in [5, 5.41) is 13.2. The number of amides is 2. The van der Waals surface area contributed by atoms with Crippen molar-refractivity contribution in [3.63, 3.8) is 0 Å². The van der Waals surface area contributed by atoms with Crippen LogP contribution in [0.25, 0.3) is 11.2 Å². The summed E-state index contributed by atoms with van der Waals surface area (Å²) < 4.78 is 86.0. The van der Waals surface area contributed by atoms with E-state index in [4.69, 9.17) is 23.1 Å². The largest absolute Gasteiger partial charge is 0.444 e. The highest BCUT2D eigenvalue weighted by Gasteiger charge is 2.65. The van der Waals surface area contributed by atoms with Crippen LogP contribution in [0.3, 0.4) is 0 Å². The number of benzene rings is 1. The Morgan fingerprint density at radius 2 is 1.82 bits per heavy atom. The molecule has 2 aromatic heterocycles. The van der Waals surface area contributed by atoms with Gasteiger partial charge in [0.05, 0.1) is 12.9 Å². The molecule has 6 rings (SSSR count). The van der Waals surface area contributed by atoms with Gasteiger partial charge in [0.25, 0.3) is 0 Å². The minimum atomic E-state index is -4.93. The second kappa shape index (κ2) is 12.0. The molecule has 2 fully saturated rings. The lowest BCUT2D eigenvalue weighted by Crippen LogP contribution is -2.44. The number of hydrogen-bond donors (Lipinski definition) is 3. The molecule has 4 heterocycles. The number of nitrogens with one attached hydrogen (secondary N) is 2. The molecule has 266 valence electrons. The normalized spacial score (nSPS) is 26.5. The number of carbonyl (C=O) groups excluding carboxylic acids is 3. The standard InChI is InChI=1S/C30H30F2N6O11S/c1-27(2,3)49-26(41)36-23-19-24(34-13-33-23)38(14-35-19)25-21-20(47-28(4,5)48-21)17(46-25)12-45-50(43,44)37-18(39)10-11-29(42)16-9-7-6-8-15(16)22(40)30(29,31)32/h6-9,13-14,17,20-21,25,42H,12H2,1-5H3,(H,37,39)(H,33,34,36,41)/t17-,20-,21-,25-,29?/m1/s1. The van der Waals surface area contributed by atoms with E-state index in [0.29, 0.717) is 0 Å². The number of nitrogens with zero attached hydrogens (tertiary/aromatic N) is 4. The number of fused-ring (bicyclic) bond motifs is 3. The van der Waals surface area contributed by atoms with Crippen molar-refractivity contribution >= 4 is 45.1 Å². The fourth-order valence-electron chi connectivity index (χ4n) is 5.66. The van der Waals surface area contributed by atoms with Gasteiger partial charge in [-0.3, -0.25) is 23.7 Å². The number of aromatic nitrogens is 4. The predicted molar refractivity (Wildman–Crippen MR) is 163 cm³/mol. The molecule has 50 heavy (non-hydrogen) atoms. The van der Waals surface area contributed by atoms with Crippen molar-refractivity contribution in [2.24, 2.45) is 0 Å². The van der Waals surface area contributed by atoms with Gasteiger partial charge in [0.1, 0.15) is 30.2 Å². The second-order valence-electron chi connectivity index (χ2n) is 12.9. The molecule has 0 radical (unpaired) electrons. The van der Waals surface area contributed by atoms with E-state index in [1.165, 1.54) is 34.1 Å². The van der Waals surface area contributed by atoms with E-state index in [1.54, 1.807) is 46.5 Å². The molecule has 2 aliphatic heterocycles. The quantitative estimate of drug-likeness (QED) is 0.309. The second-order valence-corrected chi connectivity index (χ2v) is 14.2. The fraction of sp³-hybridized carbons (Fsp3) is 0.467. The molecule has 3 aliphatic rings. The number of aliphatic hydroxyl groups is 1. The van der Waals surface area contributed by atoms with Crippen LogP contribution < -0.4 is 10.0 Å². The van der Waals surface area contributed by atoms with E-state index in [9.17, 15) is 36.7 Å². The highest BCUT2D eigenvalue weighted by molar-refractivity contribution is 7.85. The number of halogens is 2. The number of ether oxygens (including phenoxy) is 4. The molecular weight excluding hydrogens is 690 g/mol. The zero-order valence-electron chi connectivity index (χ0n) is 27.0. The van der Waals surface area contributed by atoms with Crippen LogP contribution in [0.4, 0.5) is 19.4 Å². The molecule has 1 unspecified atom stereocenters. The Morgan fingerprint density at radius 3 is 2.54 bits per heavy atom. The summed E-state index contributed by atoms with van der Waals surface area (Å²) in [5.41, 5.74) is -4.80. The summed E-state index contributed by atoms with van der Waals surface area (Å²) in [7, 11) is -4.93. The summed E-state index contributed by atoms with van der Waals surface area (Å²) in [5.74, 6) is -5.58. The van der Waals surface area contributed by atoms with E-state index in [2.05, 4.69) is 20.3 Å². The van der Waals surface area contributed by atoms with Crippen molar-refractivity contribution in [3.8, 4) is 11.8 Å². The smallest absolute Gasteiger partial charge is 0.413 e. The highest BCUT2D eigenvalue weighted by Crippen LogP contribution is 2.47. The van der Waals surface area contributed by atoms with Gasteiger partial charge in [-0.25, -0.2) is 24.5 Å². The zero-order chi connectivity index (χ0) is 36.4.